The molecule has 1 aliphatic rings. The topological polar surface area (TPSA) is 97.1 Å². The van der Waals surface area contributed by atoms with Gasteiger partial charge in [-0.1, -0.05) is 16.8 Å². The first-order valence-electron chi connectivity index (χ1n) is 8.73. The molecule has 11 heteroatoms. The molecule has 0 radical (unpaired) electrons. The lowest BCUT2D eigenvalue weighted by Gasteiger charge is -2.18. The normalized spacial score (nSPS) is 19.0. The van der Waals surface area contributed by atoms with Crippen LogP contribution >= 0.6 is 11.6 Å². The Kier molecular flexibility index (Phi) is 4.95. The average Bonchev–Trinajstić information content (AvgIpc) is 3.19. The number of aromatic amines is 1. The fourth-order valence-electron chi connectivity index (χ4n) is 3.36. The minimum Gasteiger partial charge on any atom is -0.469 e. The molecule has 0 aromatic carbocycles. The summed E-state index contributed by atoms with van der Waals surface area (Å²) in [5.41, 5.74) is 1.41. The number of nitrogens with one attached hydrogen (secondary N) is 1. The number of aromatic nitrogens is 4. The molecule has 1 N–H and O–H groups in total. The molecule has 0 aliphatic carbocycles. The fourth-order valence-corrected chi connectivity index (χ4v) is 3.57. The van der Waals surface area contributed by atoms with Gasteiger partial charge in [-0.2, -0.15) is 14.5 Å². The van der Waals surface area contributed by atoms with Gasteiger partial charge in [-0.25, -0.2) is 9.49 Å². The first-order chi connectivity index (χ1) is 13.8. The highest BCUT2D eigenvalue weighted by Crippen LogP contribution is 2.31. The van der Waals surface area contributed by atoms with Crippen molar-refractivity contribution in [3.8, 4) is 17.0 Å². The molecule has 4 heterocycles. The van der Waals surface area contributed by atoms with E-state index in [1.807, 2.05) is 0 Å². The Hall–Kier alpha value is -3.01. The summed E-state index contributed by atoms with van der Waals surface area (Å²) < 4.78 is 39.4. The van der Waals surface area contributed by atoms with Crippen molar-refractivity contribution in [3.63, 3.8) is 0 Å². The van der Waals surface area contributed by atoms with Gasteiger partial charge in [0.2, 0.25) is 11.8 Å². The van der Waals surface area contributed by atoms with Gasteiger partial charge in [-0.3, -0.25) is 4.79 Å². The van der Waals surface area contributed by atoms with Crippen molar-refractivity contribution in [2.75, 3.05) is 18.0 Å². The third kappa shape index (κ3) is 3.67. The second-order valence-electron chi connectivity index (χ2n) is 6.69. The van der Waals surface area contributed by atoms with Gasteiger partial charge in [0, 0.05) is 17.7 Å². The van der Waals surface area contributed by atoms with Crippen molar-refractivity contribution in [2.45, 2.75) is 26.1 Å². The van der Waals surface area contributed by atoms with Crippen molar-refractivity contribution in [2.24, 2.45) is 0 Å². The molecule has 1 saturated heterocycles. The lowest BCUT2D eigenvalue weighted by Crippen LogP contribution is -2.28. The van der Waals surface area contributed by atoms with Crippen LogP contribution in [0.4, 0.5) is 14.5 Å². The zero-order valence-electron chi connectivity index (χ0n) is 15.4. The molecule has 3 aromatic rings. The van der Waals surface area contributed by atoms with Crippen molar-refractivity contribution in [1.29, 1.82) is 0 Å². The number of nitrogens with zero attached hydrogens (tertiary/aromatic N) is 4. The minimum atomic E-state index is -1.40. The summed E-state index contributed by atoms with van der Waals surface area (Å²) in [6.45, 7) is 3.48. The summed E-state index contributed by atoms with van der Waals surface area (Å²) in [4.78, 5) is 16.9. The number of alkyl halides is 1. The van der Waals surface area contributed by atoms with Crippen molar-refractivity contribution < 1.29 is 18.0 Å². The molecule has 8 nitrogen and oxygen atoms in total. The second kappa shape index (κ2) is 7.43. The Morgan fingerprint density at radius 3 is 2.86 bits per heavy atom. The smallest absolute Gasteiger partial charge is 0.285 e. The Morgan fingerprint density at radius 1 is 1.34 bits per heavy atom. The van der Waals surface area contributed by atoms with E-state index in [0.717, 1.165) is 0 Å². The molecule has 29 heavy (non-hydrogen) atoms. The molecule has 0 saturated carbocycles. The lowest BCUT2D eigenvalue weighted by molar-refractivity contribution is 0.133. The van der Waals surface area contributed by atoms with E-state index in [4.69, 9.17) is 20.9 Å². The van der Waals surface area contributed by atoms with E-state index >= 15 is 0 Å². The van der Waals surface area contributed by atoms with E-state index in [1.54, 1.807) is 18.7 Å². The molecule has 1 fully saturated rings. The van der Waals surface area contributed by atoms with Crippen LogP contribution < -0.4 is 15.2 Å². The number of aryl methyl sites for hydroxylation is 2. The molecule has 152 valence electrons. The summed E-state index contributed by atoms with van der Waals surface area (Å²) >= 11 is 5.99. The predicted molar refractivity (Wildman–Crippen MR) is 101 cm³/mol. The Morgan fingerprint density at radius 2 is 2.14 bits per heavy atom. The minimum absolute atomic E-state index is 0.0540. The van der Waals surface area contributed by atoms with Gasteiger partial charge >= 0.3 is 0 Å². The molecule has 0 spiro atoms. The second-order valence-corrected chi connectivity index (χ2v) is 7.07. The van der Waals surface area contributed by atoms with Gasteiger partial charge in [0.1, 0.15) is 10.8 Å². The molecule has 0 bridgehead atoms. The highest BCUT2D eigenvalue weighted by Gasteiger charge is 2.36. The highest BCUT2D eigenvalue weighted by atomic mass is 35.5. The van der Waals surface area contributed by atoms with Crippen LogP contribution in [0.2, 0.25) is 5.02 Å². The average molecular weight is 424 g/mol. The van der Waals surface area contributed by atoms with Gasteiger partial charge < -0.3 is 14.2 Å². The van der Waals surface area contributed by atoms with E-state index in [0.29, 0.717) is 28.3 Å². The van der Waals surface area contributed by atoms with Crippen LogP contribution in [0.15, 0.2) is 27.6 Å². The number of hydrogen-bond acceptors (Lipinski definition) is 7. The van der Waals surface area contributed by atoms with Crippen LogP contribution in [0.25, 0.3) is 11.1 Å². The molecule has 4 rings (SSSR count). The van der Waals surface area contributed by atoms with Crippen molar-refractivity contribution >= 4 is 17.3 Å². The first kappa shape index (κ1) is 19.3. The number of H-pyrrole nitrogens is 1. The Balaban J connectivity index is 1.58. The molecular formula is C18H16ClF2N5O3. The van der Waals surface area contributed by atoms with Gasteiger partial charge in [0.15, 0.2) is 12.3 Å². The molecule has 2 atom stereocenters. The summed E-state index contributed by atoms with van der Waals surface area (Å²) in [5.74, 6) is -0.319. The number of ether oxygens (including phenoxy) is 1. The third-order valence-corrected chi connectivity index (χ3v) is 5.05. The number of halogens is 3. The van der Waals surface area contributed by atoms with E-state index in [-0.39, 0.29) is 24.0 Å². The van der Waals surface area contributed by atoms with Gasteiger partial charge in [0.25, 0.3) is 5.56 Å². The standard InChI is InChI=1S/C18H16ClF2N5O3/c1-8-16(9(2)29-25-8)10-3-14(21)23-15(4-10)28-13-7-26(6-11(13)20)12-5-22-24-18(27)17(12)19/h3-5,11,13H,6-7H2,1-2H3,(H,24,27)/t11-,13-/m0/s1. The van der Waals surface area contributed by atoms with Crippen molar-refractivity contribution in [1.82, 2.24) is 20.3 Å². The third-order valence-electron chi connectivity index (χ3n) is 4.68. The summed E-state index contributed by atoms with van der Waals surface area (Å²) in [5, 5.41) is 9.66. The van der Waals surface area contributed by atoms with E-state index in [1.165, 1.54) is 18.3 Å². The number of rotatable bonds is 4. The highest BCUT2D eigenvalue weighted by molar-refractivity contribution is 6.33. The van der Waals surface area contributed by atoms with Crippen LogP contribution in [-0.4, -0.2) is 45.7 Å². The van der Waals surface area contributed by atoms with Crippen LogP contribution in [0, 0.1) is 19.8 Å². The van der Waals surface area contributed by atoms with Crippen LogP contribution in [0.5, 0.6) is 5.88 Å². The first-order valence-corrected chi connectivity index (χ1v) is 9.11. The number of hydrogen-bond donors (Lipinski definition) is 1. The molecule has 3 aromatic heterocycles. The Bertz CT molecular complexity index is 1100. The zero-order valence-corrected chi connectivity index (χ0v) is 16.2. The van der Waals surface area contributed by atoms with Crippen molar-refractivity contribution in [3.05, 3.63) is 51.1 Å². The fraction of sp³-hybridized carbons (Fsp3) is 0.333. The molecule has 1 aliphatic heterocycles. The van der Waals surface area contributed by atoms with Crippen LogP contribution in [0.1, 0.15) is 11.5 Å². The van der Waals surface area contributed by atoms with E-state index < -0.39 is 23.8 Å². The number of pyridine rings is 1. The van der Waals surface area contributed by atoms with Crippen LogP contribution in [0.3, 0.4) is 0 Å². The van der Waals surface area contributed by atoms with Gasteiger partial charge in [0.05, 0.1) is 30.7 Å². The van der Waals surface area contributed by atoms with Gasteiger partial charge in [-0.05, 0) is 19.4 Å². The predicted octanol–water partition coefficient (Wildman–Crippen LogP) is 2.83. The monoisotopic (exact) mass is 423 g/mol. The maximum atomic E-state index is 14.6. The Labute approximate surface area is 168 Å². The maximum Gasteiger partial charge on any atom is 0.285 e. The molecule has 0 unspecified atom stereocenters. The molecular weight excluding hydrogens is 408 g/mol. The quantitative estimate of drug-likeness (QED) is 0.644. The number of anilines is 1. The molecule has 0 amide bonds. The SMILES string of the molecule is Cc1noc(C)c1-c1cc(F)nc(O[C@H]2CN(c3cn[nH]c(=O)c3Cl)C[C@@H]2F)c1. The van der Waals surface area contributed by atoms with Gasteiger partial charge in [-0.15, -0.1) is 0 Å². The van der Waals surface area contributed by atoms with E-state index in [2.05, 4.69) is 20.3 Å². The largest absolute Gasteiger partial charge is 0.469 e. The van der Waals surface area contributed by atoms with E-state index in [9.17, 15) is 13.6 Å². The summed E-state index contributed by atoms with van der Waals surface area (Å²) in [6, 6.07) is 2.74. The summed E-state index contributed by atoms with van der Waals surface area (Å²) in [7, 11) is 0. The lowest BCUT2D eigenvalue weighted by atomic mass is 10.1. The summed E-state index contributed by atoms with van der Waals surface area (Å²) in [6.07, 6.45) is -0.996. The van der Waals surface area contributed by atoms with Crippen LogP contribution in [-0.2, 0) is 0 Å². The maximum absolute atomic E-state index is 14.6. The zero-order chi connectivity index (χ0) is 20.7.